The van der Waals surface area contributed by atoms with Crippen molar-refractivity contribution in [3.8, 4) is 0 Å². The summed E-state index contributed by atoms with van der Waals surface area (Å²) >= 11 is 0. The maximum absolute atomic E-state index is 10.7. The van der Waals surface area contributed by atoms with Crippen LogP contribution < -0.4 is 17.0 Å². The molecule has 72 valence electrons. The molecule has 0 N–H and O–H groups in total. The highest BCUT2D eigenvalue weighted by Crippen LogP contribution is 2.16. The number of carbonyl (C=O) groups is 1. The van der Waals surface area contributed by atoms with Gasteiger partial charge in [0.05, 0.1) is 0 Å². The van der Waals surface area contributed by atoms with Crippen molar-refractivity contribution in [3.05, 3.63) is 0 Å². The number of nitrogens with zero attached hydrogens (tertiary/aromatic N) is 1. The molecule has 0 amide bonds. The molecule has 0 aromatic heterocycles. The highest BCUT2D eigenvalue weighted by atomic mass is 79.9. The molecule has 0 radical (unpaired) electrons. The van der Waals surface area contributed by atoms with Gasteiger partial charge in [-0.05, 0) is 6.42 Å². The Bertz CT molecular complexity index is 155. The largest absolute Gasteiger partial charge is 1.00 e. The smallest absolute Gasteiger partial charge is 0.363 e. The molecule has 0 atom stereocenters. The van der Waals surface area contributed by atoms with E-state index in [1.807, 2.05) is 7.05 Å². The number of hydroxylamine groups is 3. The van der Waals surface area contributed by atoms with E-state index < -0.39 is 0 Å². The lowest BCUT2D eigenvalue weighted by atomic mass is 10.1. The molecule has 0 bridgehead atoms. The number of carbonyl (C=O) groups excluding carboxylic acids is 1. The van der Waals surface area contributed by atoms with Crippen molar-refractivity contribution in [2.45, 2.75) is 26.2 Å². The van der Waals surface area contributed by atoms with E-state index >= 15 is 0 Å². The number of rotatable bonds is 1. The van der Waals surface area contributed by atoms with Crippen molar-refractivity contribution in [1.29, 1.82) is 0 Å². The minimum absolute atomic E-state index is 0. The Kier molecular flexibility index (Phi) is 4.78. The highest BCUT2D eigenvalue weighted by molar-refractivity contribution is 5.65. The molecular formula is C8H16BrNO2. The van der Waals surface area contributed by atoms with Crippen LogP contribution in [-0.2, 0) is 9.63 Å². The van der Waals surface area contributed by atoms with Crippen molar-refractivity contribution in [2.24, 2.45) is 0 Å². The van der Waals surface area contributed by atoms with Crippen molar-refractivity contribution in [3.63, 3.8) is 0 Å². The zero-order valence-electron chi connectivity index (χ0n) is 7.68. The number of halogens is 1. The molecule has 4 heteroatoms. The van der Waals surface area contributed by atoms with E-state index in [1.54, 1.807) is 0 Å². The SMILES string of the molecule is CC(=O)O[N+]1(C)CCCCC1.[Br-]. The lowest BCUT2D eigenvalue weighted by Crippen LogP contribution is -3.00. The predicted octanol–water partition coefficient (Wildman–Crippen LogP) is -1.90. The van der Waals surface area contributed by atoms with E-state index in [9.17, 15) is 4.79 Å². The maximum Gasteiger partial charge on any atom is 0.363 e. The van der Waals surface area contributed by atoms with Gasteiger partial charge < -0.3 is 17.0 Å². The van der Waals surface area contributed by atoms with Gasteiger partial charge in [0.2, 0.25) is 0 Å². The molecule has 0 aromatic carbocycles. The van der Waals surface area contributed by atoms with Gasteiger partial charge in [0, 0.05) is 19.8 Å². The number of hydrogen-bond acceptors (Lipinski definition) is 2. The maximum atomic E-state index is 10.7. The Morgan fingerprint density at radius 1 is 1.25 bits per heavy atom. The average Bonchev–Trinajstić information content (AvgIpc) is 1.85. The summed E-state index contributed by atoms with van der Waals surface area (Å²) in [5.74, 6) is -0.172. The van der Waals surface area contributed by atoms with Crippen LogP contribution in [0, 0.1) is 0 Å². The molecular weight excluding hydrogens is 222 g/mol. The summed E-state index contributed by atoms with van der Waals surface area (Å²) < 4.78 is 0.481. The van der Waals surface area contributed by atoms with Crippen LogP contribution >= 0.6 is 0 Å². The molecule has 1 rings (SSSR count). The first-order valence-corrected chi connectivity index (χ1v) is 4.17. The fourth-order valence-corrected chi connectivity index (χ4v) is 1.58. The Hall–Kier alpha value is -0.0900. The molecule has 1 saturated heterocycles. The van der Waals surface area contributed by atoms with Gasteiger partial charge in [0.1, 0.15) is 20.1 Å². The monoisotopic (exact) mass is 237 g/mol. The quantitative estimate of drug-likeness (QED) is 0.499. The van der Waals surface area contributed by atoms with E-state index in [0.717, 1.165) is 13.1 Å². The third-order valence-corrected chi connectivity index (χ3v) is 2.11. The molecule has 0 spiro atoms. The van der Waals surface area contributed by atoms with Gasteiger partial charge in [0.25, 0.3) is 0 Å². The van der Waals surface area contributed by atoms with Gasteiger partial charge >= 0.3 is 5.97 Å². The predicted molar refractivity (Wildman–Crippen MR) is 41.5 cm³/mol. The molecule has 1 fully saturated rings. The number of hydrogen-bond donors (Lipinski definition) is 0. The summed E-state index contributed by atoms with van der Waals surface area (Å²) in [4.78, 5) is 15.9. The lowest BCUT2D eigenvalue weighted by Gasteiger charge is -2.33. The number of piperidine rings is 1. The Labute approximate surface area is 84.0 Å². The van der Waals surface area contributed by atoms with Gasteiger partial charge in [-0.15, -0.1) is 4.65 Å². The van der Waals surface area contributed by atoms with Crippen molar-refractivity contribution in [1.82, 2.24) is 0 Å². The topological polar surface area (TPSA) is 26.3 Å². The molecule has 0 aromatic rings. The third kappa shape index (κ3) is 3.54. The van der Waals surface area contributed by atoms with Crippen LogP contribution in [0.25, 0.3) is 0 Å². The van der Waals surface area contributed by atoms with Gasteiger partial charge in [-0.3, -0.25) is 4.84 Å². The van der Waals surface area contributed by atoms with Crippen molar-refractivity contribution in [2.75, 3.05) is 20.1 Å². The molecule has 1 aliphatic heterocycles. The second kappa shape index (κ2) is 4.82. The average molecular weight is 238 g/mol. The molecule has 3 nitrogen and oxygen atoms in total. The summed E-state index contributed by atoms with van der Waals surface area (Å²) in [7, 11) is 1.97. The van der Waals surface area contributed by atoms with E-state index in [4.69, 9.17) is 4.84 Å². The van der Waals surface area contributed by atoms with Gasteiger partial charge in [-0.1, -0.05) is 0 Å². The summed E-state index contributed by atoms with van der Waals surface area (Å²) in [5, 5.41) is 0. The van der Waals surface area contributed by atoms with Crippen LogP contribution in [0.1, 0.15) is 26.2 Å². The zero-order chi connectivity index (χ0) is 8.32. The van der Waals surface area contributed by atoms with Crippen molar-refractivity contribution < 1.29 is 31.3 Å². The van der Waals surface area contributed by atoms with E-state index in [1.165, 1.54) is 26.2 Å². The Morgan fingerprint density at radius 2 is 1.75 bits per heavy atom. The van der Waals surface area contributed by atoms with Gasteiger partial charge in [-0.25, -0.2) is 4.79 Å². The van der Waals surface area contributed by atoms with Gasteiger partial charge in [0.15, 0.2) is 0 Å². The zero-order valence-corrected chi connectivity index (χ0v) is 9.26. The molecule has 0 saturated carbocycles. The van der Waals surface area contributed by atoms with Crippen LogP contribution in [0.4, 0.5) is 0 Å². The Morgan fingerprint density at radius 3 is 2.17 bits per heavy atom. The van der Waals surface area contributed by atoms with Crippen LogP contribution in [0.2, 0.25) is 0 Å². The number of quaternary nitrogens is 1. The fraction of sp³-hybridized carbons (Fsp3) is 0.875. The summed E-state index contributed by atoms with van der Waals surface area (Å²) in [6.45, 7) is 3.41. The highest BCUT2D eigenvalue weighted by Gasteiger charge is 2.28. The number of likely N-dealkylation sites (tertiary alicyclic amines) is 1. The molecule has 1 aliphatic rings. The molecule has 12 heavy (non-hydrogen) atoms. The van der Waals surface area contributed by atoms with Crippen LogP contribution in [0.3, 0.4) is 0 Å². The summed E-state index contributed by atoms with van der Waals surface area (Å²) in [6.07, 6.45) is 3.61. The van der Waals surface area contributed by atoms with E-state index in [-0.39, 0.29) is 23.0 Å². The molecule has 1 heterocycles. The van der Waals surface area contributed by atoms with Gasteiger partial charge in [-0.2, -0.15) is 0 Å². The fourth-order valence-electron chi connectivity index (χ4n) is 1.58. The third-order valence-electron chi connectivity index (χ3n) is 2.11. The van der Waals surface area contributed by atoms with E-state index in [0.29, 0.717) is 4.65 Å². The second-order valence-corrected chi connectivity index (χ2v) is 3.39. The first kappa shape index (κ1) is 11.9. The first-order chi connectivity index (χ1) is 5.12. The normalized spacial score (nSPS) is 20.8. The summed E-state index contributed by atoms with van der Waals surface area (Å²) in [5.41, 5.74) is 0. The summed E-state index contributed by atoms with van der Waals surface area (Å²) in [6, 6.07) is 0. The lowest BCUT2D eigenvalue weighted by molar-refractivity contribution is -1.08. The van der Waals surface area contributed by atoms with Crippen LogP contribution in [-0.4, -0.2) is 30.8 Å². The minimum Gasteiger partial charge on any atom is -1.00 e. The Balaban J connectivity index is 0.00000121. The standard InChI is InChI=1S/C8H16NO2.BrH/c1-8(10)11-9(2)6-4-3-5-7-9;/h3-7H2,1-2H3;1H/q+1;/p-1. The van der Waals surface area contributed by atoms with Crippen molar-refractivity contribution >= 4 is 5.97 Å². The van der Waals surface area contributed by atoms with Crippen LogP contribution in [0.15, 0.2) is 0 Å². The second-order valence-electron chi connectivity index (χ2n) is 3.39. The molecule has 0 aliphatic carbocycles. The molecule has 0 unspecified atom stereocenters. The van der Waals surface area contributed by atoms with Crippen LogP contribution in [0.5, 0.6) is 0 Å². The first-order valence-electron chi connectivity index (χ1n) is 4.17. The minimum atomic E-state index is -0.172. The van der Waals surface area contributed by atoms with E-state index in [2.05, 4.69) is 0 Å².